The number of nitrogens with one attached hydrogen (secondary N) is 1. The zero-order valence-corrected chi connectivity index (χ0v) is 18.6. The van der Waals surface area contributed by atoms with E-state index in [1.807, 2.05) is 6.92 Å². The van der Waals surface area contributed by atoms with E-state index in [-0.39, 0.29) is 17.9 Å². The van der Waals surface area contributed by atoms with E-state index >= 15 is 0 Å². The Kier molecular flexibility index (Phi) is 6.23. The van der Waals surface area contributed by atoms with Gasteiger partial charge in [-0.1, -0.05) is 65.7 Å². The molecular weight excluding hydrogens is 392 g/mol. The average Bonchev–Trinajstić information content (AvgIpc) is 3.09. The van der Waals surface area contributed by atoms with Crippen molar-refractivity contribution < 1.29 is 4.79 Å². The maximum atomic E-state index is 12.5. The van der Waals surface area contributed by atoms with E-state index < -0.39 is 0 Å². The van der Waals surface area contributed by atoms with E-state index in [1.165, 1.54) is 16.7 Å². The summed E-state index contributed by atoms with van der Waals surface area (Å²) in [5.41, 5.74) is 4.72. The summed E-state index contributed by atoms with van der Waals surface area (Å²) in [6, 6.07) is 16.7. The fourth-order valence-electron chi connectivity index (χ4n) is 3.61. The highest BCUT2D eigenvalue weighted by molar-refractivity contribution is 7.98. The van der Waals surface area contributed by atoms with E-state index in [4.69, 9.17) is 0 Å². The Bertz CT molecular complexity index is 1020. The fourth-order valence-corrected chi connectivity index (χ4v) is 4.51. The number of thioether (sulfide) groups is 1. The van der Waals surface area contributed by atoms with Gasteiger partial charge in [-0.2, -0.15) is 0 Å². The molecule has 5 nitrogen and oxygen atoms in total. The predicted molar refractivity (Wildman–Crippen MR) is 121 cm³/mol. The van der Waals surface area contributed by atoms with Crippen molar-refractivity contribution in [1.29, 1.82) is 0 Å². The van der Waals surface area contributed by atoms with Crippen LogP contribution in [0.15, 0.2) is 53.7 Å². The van der Waals surface area contributed by atoms with Gasteiger partial charge in [0.15, 0.2) is 11.0 Å². The number of carbonyl (C=O) groups is 1. The Morgan fingerprint density at radius 1 is 1.13 bits per heavy atom. The third kappa shape index (κ3) is 4.59. The van der Waals surface area contributed by atoms with Crippen LogP contribution in [-0.2, 0) is 10.5 Å². The fraction of sp³-hybridized carbons (Fsp3) is 0.375. The summed E-state index contributed by atoms with van der Waals surface area (Å²) >= 11 is 1.66. The largest absolute Gasteiger partial charge is 0.346 e. The van der Waals surface area contributed by atoms with E-state index in [1.54, 1.807) is 11.8 Å². The number of carbonyl (C=O) groups excluding carboxylic acids is 1. The molecule has 1 N–H and O–H groups in total. The lowest BCUT2D eigenvalue weighted by molar-refractivity contribution is -0.128. The maximum absolute atomic E-state index is 12.5. The number of hydrogen-bond donors (Lipinski definition) is 1. The van der Waals surface area contributed by atoms with Crippen molar-refractivity contribution in [3.05, 3.63) is 71.0 Å². The first-order valence-electron chi connectivity index (χ1n) is 10.5. The zero-order chi connectivity index (χ0) is 21.1. The van der Waals surface area contributed by atoms with Crippen LogP contribution < -0.4 is 5.32 Å². The SMILES string of the molecule is Cc1ccc(-n2c(SCc3cccc(C)c3)nnc2C(C)NC(=O)C2CCC2)cc1. The zero-order valence-electron chi connectivity index (χ0n) is 17.8. The second kappa shape index (κ2) is 9.04. The molecule has 1 heterocycles. The van der Waals surface area contributed by atoms with Crippen LogP contribution in [0.2, 0.25) is 0 Å². The minimum atomic E-state index is -0.208. The minimum Gasteiger partial charge on any atom is -0.346 e. The predicted octanol–water partition coefficient (Wildman–Crippen LogP) is 5.15. The van der Waals surface area contributed by atoms with Crippen LogP contribution in [0.1, 0.15) is 54.7 Å². The van der Waals surface area contributed by atoms with Crippen LogP contribution in [0.25, 0.3) is 5.69 Å². The van der Waals surface area contributed by atoms with Crippen LogP contribution in [-0.4, -0.2) is 20.7 Å². The Labute approximate surface area is 182 Å². The molecule has 30 heavy (non-hydrogen) atoms. The summed E-state index contributed by atoms with van der Waals surface area (Å²) in [7, 11) is 0. The third-order valence-electron chi connectivity index (χ3n) is 5.62. The first-order valence-corrected chi connectivity index (χ1v) is 11.5. The monoisotopic (exact) mass is 420 g/mol. The minimum absolute atomic E-state index is 0.126. The number of aryl methyl sites for hydroxylation is 2. The van der Waals surface area contributed by atoms with Crippen molar-refractivity contribution in [2.75, 3.05) is 0 Å². The second-order valence-corrected chi connectivity index (χ2v) is 9.09. The lowest BCUT2D eigenvalue weighted by atomic mass is 9.84. The summed E-state index contributed by atoms with van der Waals surface area (Å²) < 4.78 is 2.08. The molecule has 1 aliphatic carbocycles. The lowest BCUT2D eigenvalue weighted by Crippen LogP contribution is -2.36. The molecule has 1 amide bonds. The highest BCUT2D eigenvalue weighted by atomic mass is 32.2. The van der Waals surface area contributed by atoms with Gasteiger partial charge in [0.05, 0.1) is 6.04 Å². The molecule has 0 bridgehead atoms. The summed E-state index contributed by atoms with van der Waals surface area (Å²) in [5.74, 6) is 1.85. The average molecular weight is 421 g/mol. The molecule has 0 aliphatic heterocycles. The molecule has 0 radical (unpaired) electrons. The molecule has 0 spiro atoms. The number of hydrogen-bond acceptors (Lipinski definition) is 4. The van der Waals surface area contributed by atoms with Crippen molar-refractivity contribution in [2.45, 2.75) is 57.0 Å². The van der Waals surface area contributed by atoms with Gasteiger partial charge in [-0.25, -0.2) is 0 Å². The van der Waals surface area contributed by atoms with Crippen molar-refractivity contribution in [2.24, 2.45) is 5.92 Å². The molecule has 1 unspecified atom stereocenters. The van der Waals surface area contributed by atoms with Crippen LogP contribution in [0.5, 0.6) is 0 Å². The van der Waals surface area contributed by atoms with Gasteiger partial charge in [-0.15, -0.1) is 10.2 Å². The Morgan fingerprint density at radius 2 is 1.90 bits per heavy atom. The van der Waals surface area contributed by atoms with Crippen molar-refractivity contribution in [3.63, 3.8) is 0 Å². The molecule has 2 aromatic carbocycles. The van der Waals surface area contributed by atoms with E-state index in [0.29, 0.717) is 0 Å². The van der Waals surface area contributed by atoms with Gasteiger partial charge in [-0.05, 0) is 51.3 Å². The molecule has 3 aromatic rings. The highest BCUT2D eigenvalue weighted by Gasteiger charge is 2.28. The van der Waals surface area contributed by atoms with Crippen molar-refractivity contribution >= 4 is 17.7 Å². The van der Waals surface area contributed by atoms with Crippen molar-refractivity contribution in [3.8, 4) is 5.69 Å². The molecule has 4 rings (SSSR count). The number of aromatic nitrogens is 3. The van der Waals surface area contributed by atoms with E-state index in [9.17, 15) is 4.79 Å². The van der Waals surface area contributed by atoms with E-state index in [0.717, 1.165) is 41.7 Å². The van der Waals surface area contributed by atoms with Gasteiger partial charge in [0.2, 0.25) is 5.91 Å². The number of nitrogens with zero attached hydrogens (tertiary/aromatic N) is 3. The molecule has 1 fully saturated rings. The highest BCUT2D eigenvalue weighted by Crippen LogP contribution is 2.30. The van der Waals surface area contributed by atoms with Gasteiger partial charge in [0.25, 0.3) is 0 Å². The first kappa shape index (κ1) is 20.7. The topological polar surface area (TPSA) is 59.8 Å². The maximum Gasteiger partial charge on any atom is 0.223 e. The number of benzene rings is 2. The van der Waals surface area contributed by atoms with Crippen molar-refractivity contribution in [1.82, 2.24) is 20.1 Å². The Balaban J connectivity index is 1.60. The van der Waals surface area contributed by atoms with Gasteiger partial charge >= 0.3 is 0 Å². The lowest BCUT2D eigenvalue weighted by Gasteiger charge is -2.26. The summed E-state index contributed by atoms with van der Waals surface area (Å²) in [4.78, 5) is 12.5. The Morgan fingerprint density at radius 3 is 2.57 bits per heavy atom. The van der Waals surface area contributed by atoms with Gasteiger partial charge < -0.3 is 5.32 Å². The molecule has 6 heteroatoms. The molecule has 1 aliphatic rings. The van der Waals surface area contributed by atoms with Crippen LogP contribution in [0, 0.1) is 19.8 Å². The smallest absolute Gasteiger partial charge is 0.223 e. The number of rotatable bonds is 7. The molecule has 1 atom stereocenters. The van der Waals surface area contributed by atoms with Gasteiger partial charge in [0.1, 0.15) is 0 Å². The van der Waals surface area contributed by atoms with E-state index in [2.05, 4.69) is 82.5 Å². The molecule has 156 valence electrons. The summed E-state index contributed by atoms with van der Waals surface area (Å²) in [6.07, 6.45) is 3.12. The Hall–Kier alpha value is -2.60. The third-order valence-corrected chi connectivity index (χ3v) is 6.62. The quantitative estimate of drug-likeness (QED) is 0.537. The first-order chi connectivity index (χ1) is 14.5. The van der Waals surface area contributed by atoms with Crippen LogP contribution >= 0.6 is 11.8 Å². The second-order valence-electron chi connectivity index (χ2n) is 8.15. The molecule has 1 saturated carbocycles. The summed E-state index contributed by atoms with van der Waals surface area (Å²) in [5, 5.41) is 12.9. The number of amides is 1. The molecular formula is C24H28N4OS. The normalized spacial score (nSPS) is 14.9. The molecule has 1 aromatic heterocycles. The van der Waals surface area contributed by atoms with Crippen LogP contribution in [0.4, 0.5) is 0 Å². The van der Waals surface area contributed by atoms with Gasteiger partial charge in [0, 0.05) is 17.4 Å². The molecule has 0 saturated heterocycles. The summed E-state index contributed by atoms with van der Waals surface area (Å²) in [6.45, 7) is 6.17. The standard InChI is InChI=1S/C24H28N4OS/c1-16-10-12-21(13-11-16)28-22(18(3)25-23(29)20-8-5-9-20)26-27-24(28)30-15-19-7-4-6-17(2)14-19/h4,6-7,10-14,18,20H,5,8-9,15H2,1-3H3,(H,25,29). The van der Waals surface area contributed by atoms with Gasteiger partial charge in [-0.3, -0.25) is 9.36 Å². The van der Waals surface area contributed by atoms with Crippen LogP contribution in [0.3, 0.4) is 0 Å².